The van der Waals surface area contributed by atoms with Crippen molar-refractivity contribution in [1.82, 2.24) is 15.1 Å². The highest BCUT2D eigenvalue weighted by atomic mass is 35.5. The predicted octanol–water partition coefficient (Wildman–Crippen LogP) is 2.82. The van der Waals surface area contributed by atoms with Gasteiger partial charge < -0.3 is 10.1 Å². The van der Waals surface area contributed by atoms with Crippen LogP contribution < -0.4 is 5.32 Å². The molecule has 1 fully saturated rings. The Kier molecular flexibility index (Phi) is 3.93. The molecule has 0 radical (unpaired) electrons. The van der Waals surface area contributed by atoms with Crippen LogP contribution in [0.15, 0.2) is 36.5 Å². The highest BCUT2D eigenvalue weighted by Crippen LogP contribution is 2.24. The van der Waals surface area contributed by atoms with Crippen molar-refractivity contribution < 1.29 is 9.53 Å². The van der Waals surface area contributed by atoms with E-state index in [1.807, 2.05) is 26.0 Å². The van der Waals surface area contributed by atoms with Crippen LogP contribution in [-0.2, 0) is 4.74 Å². The largest absolute Gasteiger partial charge is 0.373 e. The number of benzene rings is 1. The van der Waals surface area contributed by atoms with E-state index >= 15 is 0 Å². The van der Waals surface area contributed by atoms with Gasteiger partial charge >= 0.3 is 0 Å². The van der Waals surface area contributed by atoms with E-state index in [-0.39, 0.29) is 17.6 Å². The zero-order valence-corrected chi connectivity index (χ0v) is 13.3. The third-order valence-electron chi connectivity index (χ3n) is 3.66. The molecule has 0 spiro atoms. The minimum atomic E-state index is -0.181. The number of carbonyl (C=O) groups excluding carboxylic acids is 1. The number of hydrogen-bond acceptors (Lipinski definition) is 3. The Morgan fingerprint density at radius 1 is 1.36 bits per heavy atom. The summed E-state index contributed by atoms with van der Waals surface area (Å²) in [5, 5.41) is 7.94. The molecular weight excluding hydrogens is 302 g/mol. The topological polar surface area (TPSA) is 56.2 Å². The fourth-order valence-corrected chi connectivity index (χ4v) is 2.70. The molecule has 116 valence electrons. The Balaban J connectivity index is 1.68. The molecule has 0 saturated carbocycles. The van der Waals surface area contributed by atoms with Crippen LogP contribution in [0, 0.1) is 0 Å². The third-order valence-corrected chi connectivity index (χ3v) is 3.91. The van der Waals surface area contributed by atoms with E-state index in [1.54, 1.807) is 29.1 Å². The summed E-state index contributed by atoms with van der Waals surface area (Å²) in [4.78, 5) is 12.2. The maximum absolute atomic E-state index is 12.2. The molecule has 6 heteroatoms. The number of hydrogen-bond donors (Lipinski definition) is 1. The van der Waals surface area contributed by atoms with E-state index in [0.717, 1.165) is 12.1 Å². The number of rotatable bonds is 3. The number of amides is 1. The molecule has 2 heterocycles. The van der Waals surface area contributed by atoms with E-state index in [1.165, 1.54) is 0 Å². The lowest BCUT2D eigenvalue weighted by molar-refractivity contribution is 0.0355. The van der Waals surface area contributed by atoms with Crippen molar-refractivity contribution in [2.24, 2.45) is 0 Å². The van der Waals surface area contributed by atoms with E-state index in [0.29, 0.717) is 17.3 Å². The molecule has 1 aliphatic rings. The SMILES string of the molecule is CC1(C)CC(NC(=O)c2ccn(-c3ccc(Cl)cc3)n2)CO1. The van der Waals surface area contributed by atoms with Crippen LogP contribution in [0.25, 0.3) is 5.69 Å². The summed E-state index contributed by atoms with van der Waals surface area (Å²) in [7, 11) is 0. The van der Waals surface area contributed by atoms with E-state index in [9.17, 15) is 4.79 Å². The second-order valence-corrected chi connectivity index (χ2v) is 6.50. The molecule has 22 heavy (non-hydrogen) atoms. The summed E-state index contributed by atoms with van der Waals surface area (Å²) in [6.45, 7) is 4.58. The molecule has 1 aliphatic heterocycles. The molecule has 3 rings (SSSR count). The van der Waals surface area contributed by atoms with Crippen molar-refractivity contribution in [3.05, 3.63) is 47.2 Å². The first-order valence-corrected chi connectivity index (χ1v) is 7.57. The van der Waals surface area contributed by atoms with Crippen molar-refractivity contribution in [2.45, 2.75) is 31.9 Å². The van der Waals surface area contributed by atoms with Gasteiger partial charge in [-0.1, -0.05) is 11.6 Å². The molecular formula is C16H18ClN3O2. The monoisotopic (exact) mass is 319 g/mol. The molecule has 1 aromatic carbocycles. The van der Waals surface area contributed by atoms with E-state index in [2.05, 4.69) is 10.4 Å². The van der Waals surface area contributed by atoms with Crippen molar-refractivity contribution >= 4 is 17.5 Å². The minimum Gasteiger partial charge on any atom is -0.373 e. The fourth-order valence-electron chi connectivity index (χ4n) is 2.57. The van der Waals surface area contributed by atoms with Gasteiger partial charge in [-0.25, -0.2) is 4.68 Å². The van der Waals surface area contributed by atoms with Gasteiger partial charge in [0.2, 0.25) is 0 Å². The zero-order valence-electron chi connectivity index (χ0n) is 12.5. The Hall–Kier alpha value is -1.85. The van der Waals surface area contributed by atoms with Crippen LogP contribution in [0.1, 0.15) is 30.8 Å². The number of halogens is 1. The molecule has 0 aliphatic carbocycles. The molecule has 1 unspecified atom stereocenters. The van der Waals surface area contributed by atoms with Gasteiger partial charge in [-0.3, -0.25) is 4.79 Å². The molecule has 1 atom stereocenters. The molecule has 2 aromatic rings. The maximum Gasteiger partial charge on any atom is 0.272 e. The summed E-state index contributed by atoms with van der Waals surface area (Å²) in [5.74, 6) is -0.181. The Morgan fingerprint density at radius 3 is 2.73 bits per heavy atom. The summed E-state index contributed by atoms with van der Waals surface area (Å²) in [6.07, 6.45) is 2.56. The van der Waals surface area contributed by atoms with Gasteiger partial charge in [-0.15, -0.1) is 0 Å². The Bertz CT molecular complexity index is 679. The van der Waals surface area contributed by atoms with Gasteiger partial charge in [0.25, 0.3) is 5.91 Å². The average Bonchev–Trinajstić information content (AvgIpc) is 3.06. The number of ether oxygens (including phenoxy) is 1. The highest BCUT2D eigenvalue weighted by Gasteiger charge is 2.33. The summed E-state index contributed by atoms with van der Waals surface area (Å²) in [6, 6.07) is 9.01. The summed E-state index contributed by atoms with van der Waals surface area (Å²) < 4.78 is 7.28. The van der Waals surface area contributed by atoms with Crippen LogP contribution in [0.2, 0.25) is 5.02 Å². The van der Waals surface area contributed by atoms with Crippen molar-refractivity contribution in [3.8, 4) is 5.69 Å². The fraction of sp³-hybridized carbons (Fsp3) is 0.375. The maximum atomic E-state index is 12.2. The number of aromatic nitrogens is 2. The van der Waals surface area contributed by atoms with Gasteiger partial charge in [-0.2, -0.15) is 5.10 Å². The van der Waals surface area contributed by atoms with E-state index in [4.69, 9.17) is 16.3 Å². The molecule has 1 saturated heterocycles. The van der Waals surface area contributed by atoms with Crippen LogP contribution in [0.3, 0.4) is 0 Å². The van der Waals surface area contributed by atoms with Crippen molar-refractivity contribution in [2.75, 3.05) is 6.61 Å². The second-order valence-electron chi connectivity index (χ2n) is 6.07. The standard InChI is InChI=1S/C16H18ClN3O2/c1-16(2)9-12(10-22-16)18-15(21)14-7-8-20(19-14)13-5-3-11(17)4-6-13/h3-8,12H,9-10H2,1-2H3,(H,18,21). The molecule has 1 aromatic heterocycles. The number of carbonyl (C=O) groups is 1. The van der Waals surface area contributed by atoms with Crippen molar-refractivity contribution in [3.63, 3.8) is 0 Å². The van der Waals surface area contributed by atoms with Gasteiger partial charge in [0, 0.05) is 11.2 Å². The first-order chi connectivity index (χ1) is 10.4. The van der Waals surface area contributed by atoms with Crippen LogP contribution in [-0.4, -0.2) is 33.9 Å². The first kappa shape index (κ1) is 15.1. The lowest BCUT2D eigenvalue weighted by Gasteiger charge is -2.15. The number of nitrogens with one attached hydrogen (secondary N) is 1. The zero-order chi connectivity index (χ0) is 15.7. The highest BCUT2D eigenvalue weighted by molar-refractivity contribution is 6.30. The van der Waals surface area contributed by atoms with Crippen LogP contribution in [0.4, 0.5) is 0 Å². The number of nitrogens with zero attached hydrogens (tertiary/aromatic N) is 2. The normalized spacial score (nSPS) is 20.0. The minimum absolute atomic E-state index is 0.0307. The molecule has 1 amide bonds. The second kappa shape index (κ2) is 5.74. The summed E-state index contributed by atoms with van der Waals surface area (Å²) in [5.41, 5.74) is 1.06. The average molecular weight is 320 g/mol. The smallest absolute Gasteiger partial charge is 0.272 e. The molecule has 1 N–H and O–H groups in total. The molecule has 0 bridgehead atoms. The summed E-state index contributed by atoms with van der Waals surface area (Å²) >= 11 is 5.87. The Labute approximate surface area is 134 Å². The van der Waals surface area contributed by atoms with Gasteiger partial charge in [0.05, 0.1) is 23.9 Å². The molecule has 5 nitrogen and oxygen atoms in total. The van der Waals surface area contributed by atoms with E-state index < -0.39 is 0 Å². The predicted molar refractivity (Wildman–Crippen MR) is 84.5 cm³/mol. The van der Waals surface area contributed by atoms with Gasteiger partial charge in [0.15, 0.2) is 5.69 Å². The van der Waals surface area contributed by atoms with Crippen molar-refractivity contribution in [1.29, 1.82) is 0 Å². The Morgan fingerprint density at radius 2 is 2.09 bits per heavy atom. The van der Waals surface area contributed by atoms with Gasteiger partial charge in [-0.05, 0) is 50.6 Å². The third kappa shape index (κ3) is 3.31. The quantitative estimate of drug-likeness (QED) is 0.946. The van der Waals surface area contributed by atoms with Gasteiger partial charge in [0.1, 0.15) is 0 Å². The lowest BCUT2D eigenvalue weighted by atomic mass is 10.0. The van der Waals surface area contributed by atoms with Crippen LogP contribution in [0.5, 0.6) is 0 Å². The first-order valence-electron chi connectivity index (χ1n) is 7.19. The lowest BCUT2D eigenvalue weighted by Crippen LogP contribution is -2.36. The van der Waals surface area contributed by atoms with Crippen LogP contribution >= 0.6 is 11.6 Å².